The van der Waals surface area contributed by atoms with Crippen molar-refractivity contribution in [1.82, 2.24) is 5.32 Å². The van der Waals surface area contributed by atoms with Crippen LogP contribution in [0.5, 0.6) is 0 Å². The third kappa shape index (κ3) is 2.80. The fourth-order valence-corrected chi connectivity index (χ4v) is 2.52. The molecule has 0 aliphatic rings. The zero-order chi connectivity index (χ0) is 13.0. The van der Waals surface area contributed by atoms with Crippen LogP contribution in [0.3, 0.4) is 0 Å². The molecule has 0 aliphatic heterocycles. The minimum atomic E-state index is -0.441. The molecule has 2 heterocycles. The summed E-state index contributed by atoms with van der Waals surface area (Å²) in [5.74, 6) is -0.169. The quantitative estimate of drug-likeness (QED) is 0.845. The van der Waals surface area contributed by atoms with Crippen LogP contribution in [0.15, 0.2) is 28.2 Å². The van der Waals surface area contributed by atoms with Crippen molar-refractivity contribution in [2.24, 2.45) is 0 Å². The van der Waals surface area contributed by atoms with Gasteiger partial charge in [0.25, 0.3) is 0 Å². The molecule has 0 unspecified atom stereocenters. The molecule has 0 fully saturated rings. The summed E-state index contributed by atoms with van der Waals surface area (Å²) in [7, 11) is 1.34. The summed E-state index contributed by atoms with van der Waals surface area (Å²) >= 11 is 1.72. The number of thiophene rings is 1. The van der Waals surface area contributed by atoms with Crippen molar-refractivity contribution in [3.8, 4) is 0 Å². The predicted molar refractivity (Wildman–Crippen MR) is 69.6 cm³/mol. The Balaban J connectivity index is 1.93. The summed E-state index contributed by atoms with van der Waals surface area (Å²) in [5.41, 5.74) is 2.10. The fraction of sp³-hybridized carbons (Fsp3) is 0.308. The second-order valence-corrected chi connectivity index (χ2v) is 4.90. The Kier molecular flexibility index (Phi) is 4.17. The molecule has 0 bridgehead atoms. The van der Waals surface area contributed by atoms with Gasteiger partial charge in [0.1, 0.15) is 0 Å². The van der Waals surface area contributed by atoms with Crippen LogP contribution in [0.25, 0.3) is 0 Å². The van der Waals surface area contributed by atoms with Crippen molar-refractivity contribution in [2.45, 2.75) is 20.0 Å². The smallest absolute Gasteiger partial charge is 0.374 e. The molecule has 1 N–H and O–H groups in total. The van der Waals surface area contributed by atoms with Crippen LogP contribution in [-0.4, -0.2) is 13.1 Å². The number of esters is 1. The zero-order valence-electron chi connectivity index (χ0n) is 10.4. The number of hydrogen-bond acceptors (Lipinski definition) is 5. The molecule has 2 aromatic heterocycles. The first-order valence-corrected chi connectivity index (χ1v) is 6.48. The van der Waals surface area contributed by atoms with E-state index in [1.807, 2.05) is 0 Å². The van der Waals surface area contributed by atoms with Gasteiger partial charge in [0.2, 0.25) is 5.76 Å². The first-order chi connectivity index (χ1) is 8.72. The van der Waals surface area contributed by atoms with Crippen molar-refractivity contribution >= 4 is 17.3 Å². The molecule has 96 valence electrons. The normalized spacial score (nSPS) is 10.6. The molecule has 2 rings (SSSR count). The lowest BCUT2D eigenvalue weighted by Crippen LogP contribution is -2.14. The van der Waals surface area contributed by atoms with Gasteiger partial charge in [-0.2, -0.15) is 0 Å². The minimum absolute atomic E-state index is 0.271. The average molecular weight is 265 g/mol. The van der Waals surface area contributed by atoms with E-state index in [0.717, 1.165) is 12.1 Å². The summed E-state index contributed by atoms with van der Waals surface area (Å²) in [5, 5.41) is 5.37. The fourth-order valence-electron chi connectivity index (χ4n) is 1.64. The number of hydrogen-bond donors (Lipinski definition) is 1. The van der Waals surface area contributed by atoms with Gasteiger partial charge < -0.3 is 14.5 Å². The number of carbonyl (C=O) groups is 1. The first kappa shape index (κ1) is 12.9. The Labute approximate surface area is 110 Å². The lowest BCUT2D eigenvalue weighted by molar-refractivity contribution is 0.0563. The lowest BCUT2D eigenvalue weighted by Gasteiger charge is -2.04. The van der Waals surface area contributed by atoms with Gasteiger partial charge in [-0.3, -0.25) is 0 Å². The van der Waals surface area contributed by atoms with E-state index in [2.05, 4.69) is 28.4 Å². The molecular formula is C13H15NO3S. The molecule has 0 spiro atoms. The number of nitrogens with one attached hydrogen (secondary N) is 1. The SMILES string of the molecule is COC(=O)c1occc1CNCc1sccc1C. The maximum absolute atomic E-state index is 11.4. The molecule has 18 heavy (non-hydrogen) atoms. The van der Waals surface area contributed by atoms with E-state index in [1.165, 1.54) is 23.8 Å². The second kappa shape index (κ2) is 5.84. The third-order valence-corrected chi connectivity index (χ3v) is 3.71. The van der Waals surface area contributed by atoms with Crippen LogP contribution in [0.4, 0.5) is 0 Å². The maximum atomic E-state index is 11.4. The van der Waals surface area contributed by atoms with Crippen molar-refractivity contribution in [3.63, 3.8) is 0 Å². The number of furan rings is 1. The highest BCUT2D eigenvalue weighted by Crippen LogP contribution is 2.16. The van der Waals surface area contributed by atoms with Crippen LogP contribution in [0.2, 0.25) is 0 Å². The summed E-state index contributed by atoms with van der Waals surface area (Å²) in [6, 6.07) is 3.87. The molecule has 4 nitrogen and oxygen atoms in total. The Hall–Kier alpha value is -1.59. The van der Waals surface area contributed by atoms with Gasteiger partial charge in [0, 0.05) is 23.5 Å². The van der Waals surface area contributed by atoms with E-state index in [4.69, 9.17) is 4.42 Å². The van der Waals surface area contributed by atoms with Gasteiger partial charge in [-0.1, -0.05) is 0 Å². The van der Waals surface area contributed by atoms with Gasteiger partial charge in [-0.25, -0.2) is 4.79 Å². The van der Waals surface area contributed by atoms with Crippen LogP contribution in [0, 0.1) is 6.92 Å². The number of carbonyl (C=O) groups excluding carboxylic acids is 1. The van der Waals surface area contributed by atoms with Gasteiger partial charge in [0.15, 0.2) is 0 Å². The summed E-state index contributed by atoms with van der Waals surface area (Å²) in [6.07, 6.45) is 1.50. The van der Waals surface area contributed by atoms with Crippen molar-refractivity contribution in [2.75, 3.05) is 7.11 Å². The lowest BCUT2D eigenvalue weighted by atomic mass is 10.2. The number of aryl methyl sites for hydroxylation is 1. The molecule has 0 radical (unpaired) electrons. The van der Waals surface area contributed by atoms with Crippen molar-refractivity contribution in [3.05, 3.63) is 45.5 Å². The Morgan fingerprint density at radius 1 is 1.44 bits per heavy atom. The van der Waals surface area contributed by atoms with E-state index in [0.29, 0.717) is 6.54 Å². The third-order valence-electron chi connectivity index (χ3n) is 2.69. The van der Waals surface area contributed by atoms with E-state index in [9.17, 15) is 4.79 Å². The van der Waals surface area contributed by atoms with E-state index >= 15 is 0 Å². The van der Waals surface area contributed by atoms with E-state index in [-0.39, 0.29) is 5.76 Å². The topological polar surface area (TPSA) is 51.5 Å². The molecular weight excluding hydrogens is 250 g/mol. The molecule has 0 aromatic carbocycles. The molecule has 0 saturated carbocycles. The summed E-state index contributed by atoms with van der Waals surface area (Å²) in [6.45, 7) is 3.46. The van der Waals surface area contributed by atoms with Crippen molar-refractivity contribution < 1.29 is 13.9 Å². The second-order valence-electron chi connectivity index (χ2n) is 3.90. The Morgan fingerprint density at radius 3 is 2.94 bits per heavy atom. The Morgan fingerprint density at radius 2 is 2.28 bits per heavy atom. The standard InChI is InChI=1S/C13H15NO3S/c1-9-4-6-18-11(9)8-14-7-10-3-5-17-12(10)13(15)16-2/h3-6,14H,7-8H2,1-2H3. The highest BCUT2D eigenvalue weighted by molar-refractivity contribution is 7.10. The Bertz CT molecular complexity index is 530. The molecule has 2 aromatic rings. The average Bonchev–Trinajstić information content (AvgIpc) is 2.98. The van der Waals surface area contributed by atoms with Crippen LogP contribution in [-0.2, 0) is 17.8 Å². The first-order valence-electron chi connectivity index (χ1n) is 5.60. The summed E-state index contributed by atoms with van der Waals surface area (Å²) < 4.78 is 9.77. The molecule has 5 heteroatoms. The highest BCUT2D eigenvalue weighted by atomic mass is 32.1. The number of ether oxygens (including phenoxy) is 1. The van der Waals surface area contributed by atoms with E-state index in [1.54, 1.807) is 17.4 Å². The van der Waals surface area contributed by atoms with Crippen LogP contribution < -0.4 is 5.32 Å². The van der Waals surface area contributed by atoms with Gasteiger partial charge >= 0.3 is 5.97 Å². The van der Waals surface area contributed by atoms with Gasteiger partial charge in [-0.05, 0) is 30.0 Å². The highest BCUT2D eigenvalue weighted by Gasteiger charge is 2.15. The summed E-state index contributed by atoms with van der Waals surface area (Å²) in [4.78, 5) is 12.7. The number of rotatable bonds is 5. The van der Waals surface area contributed by atoms with E-state index < -0.39 is 5.97 Å². The van der Waals surface area contributed by atoms with Crippen molar-refractivity contribution in [1.29, 1.82) is 0 Å². The van der Waals surface area contributed by atoms with Gasteiger partial charge in [-0.15, -0.1) is 11.3 Å². The monoisotopic (exact) mass is 265 g/mol. The molecule has 0 atom stereocenters. The zero-order valence-corrected chi connectivity index (χ0v) is 11.2. The predicted octanol–water partition coefficient (Wildman–Crippen LogP) is 2.73. The maximum Gasteiger partial charge on any atom is 0.374 e. The molecule has 0 saturated heterocycles. The largest absolute Gasteiger partial charge is 0.463 e. The van der Waals surface area contributed by atoms with Gasteiger partial charge in [0.05, 0.1) is 13.4 Å². The number of methoxy groups -OCH3 is 1. The molecule has 0 aliphatic carbocycles. The van der Waals surface area contributed by atoms with Crippen LogP contribution in [0.1, 0.15) is 26.6 Å². The molecule has 0 amide bonds. The minimum Gasteiger partial charge on any atom is -0.463 e. The van der Waals surface area contributed by atoms with Crippen LogP contribution >= 0.6 is 11.3 Å².